The number of carbonyl (C=O) groups is 3. The standard InChI is InChI=1S/C44H52N4O9S2/c1-5-23(2)41(53)57-43(3)8-6-25-22-58-59-35-13-30(21-51)39(46-4)32-19-48(40(32)35)37(52)14-29-18-47-36(45)15-31(29)38(25)44(43)17-28-12-26-11-27(10-24(20-50)7-9-49)42(54)55-33(26)16-34(28)56-44/h5-6,11-12,15-16,18,21,24,30,32,35,38-40,46,49-50H,7-10,13-14,17,19-20,22H2,1-4H3,(H2,45,47). The summed E-state index contributed by atoms with van der Waals surface area (Å²) < 4.78 is 19.7. The van der Waals surface area contributed by atoms with Crippen LogP contribution in [0.2, 0.25) is 0 Å². The number of aliphatic hydroxyl groups is 2. The Morgan fingerprint density at radius 2 is 2.03 bits per heavy atom. The second-order valence-electron chi connectivity index (χ2n) is 16.9. The lowest BCUT2D eigenvalue weighted by atomic mass is 9.61. The summed E-state index contributed by atoms with van der Waals surface area (Å²) in [6, 6.07) is 7.25. The largest absolute Gasteiger partial charge is 0.481 e. The molecule has 3 aliphatic heterocycles. The molecule has 15 heteroatoms. The highest BCUT2D eigenvalue weighted by Gasteiger charge is 2.64. The summed E-state index contributed by atoms with van der Waals surface area (Å²) in [5.74, 6) is -0.0254. The van der Waals surface area contributed by atoms with Crippen LogP contribution in [0.15, 0.2) is 63.0 Å². The van der Waals surface area contributed by atoms with Gasteiger partial charge in [-0.25, -0.2) is 14.6 Å². The van der Waals surface area contributed by atoms with Gasteiger partial charge in [0.25, 0.3) is 0 Å². The number of aldehydes is 1. The van der Waals surface area contributed by atoms with E-state index in [1.54, 1.807) is 59.8 Å². The molecule has 1 amide bonds. The zero-order valence-corrected chi connectivity index (χ0v) is 35.4. The Hall–Kier alpha value is -4.15. The first-order chi connectivity index (χ1) is 28.4. The zero-order chi connectivity index (χ0) is 41.8. The van der Waals surface area contributed by atoms with Gasteiger partial charge in [-0.2, -0.15) is 0 Å². The van der Waals surface area contributed by atoms with E-state index in [0.717, 1.165) is 23.0 Å². The van der Waals surface area contributed by atoms with Gasteiger partial charge < -0.3 is 44.8 Å². The second-order valence-corrected chi connectivity index (χ2v) is 19.5. The minimum Gasteiger partial charge on any atom is -0.481 e. The second kappa shape index (κ2) is 16.4. The highest BCUT2D eigenvalue weighted by molar-refractivity contribution is 8.77. The van der Waals surface area contributed by atoms with Gasteiger partial charge in [0.1, 0.15) is 23.4 Å². The number of nitrogens with two attached hydrogens (primary N) is 1. The lowest BCUT2D eigenvalue weighted by molar-refractivity contribution is -0.183. The molecule has 2 aliphatic carbocycles. The fraction of sp³-hybridized carbons (Fsp3) is 0.523. The molecule has 3 aromatic rings. The molecule has 1 spiro atoms. The Morgan fingerprint density at radius 3 is 2.76 bits per heavy atom. The van der Waals surface area contributed by atoms with Crippen LogP contribution in [-0.4, -0.2) is 99.4 Å². The highest BCUT2D eigenvalue weighted by Crippen LogP contribution is 2.59. The Balaban J connectivity index is 1.26. The van der Waals surface area contributed by atoms with Crippen LogP contribution in [0.5, 0.6) is 5.75 Å². The SMILES string of the molecule is CC=C(C)C(=O)OC1(C)CC=C2CSSC3CC(C=O)C(NC)C4CN(C(=O)Cc5cnc(N)cc5C2C12Cc1cc5cc(CC(CO)CCO)c(=O)oc5cc1O2)C34. The number of aliphatic hydroxyl groups excluding tert-OH is 2. The van der Waals surface area contributed by atoms with Crippen molar-refractivity contribution in [2.75, 3.05) is 38.3 Å². The van der Waals surface area contributed by atoms with Gasteiger partial charge >= 0.3 is 11.6 Å². The third-order valence-electron chi connectivity index (χ3n) is 13.6. The van der Waals surface area contributed by atoms with Crippen molar-refractivity contribution in [3.63, 3.8) is 0 Å². The van der Waals surface area contributed by atoms with E-state index in [1.165, 1.54) is 0 Å². The van der Waals surface area contributed by atoms with Crippen LogP contribution < -0.4 is 21.4 Å². The summed E-state index contributed by atoms with van der Waals surface area (Å²) in [5, 5.41) is 23.5. The molecule has 2 aromatic heterocycles. The van der Waals surface area contributed by atoms with Crippen LogP contribution >= 0.6 is 21.6 Å². The van der Waals surface area contributed by atoms with Crippen molar-refractivity contribution >= 4 is 56.5 Å². The van der Waals surface area contributed by atoms with Crippen LogP contribution in [0.25, 0.3) is 11.0 Å². The maximum absolute atomic E-state index is 14.4. The molecule has 59 heavy (non-hydrogen) atoms. The van der Waals surface area contributed by atoms with Crippen molar-refractivity contribution in [2.45, 2.75) is 93.7 Å². The van der Waals surface area contributed by atoms with Crippen molar-refractivity contribution in [2.24, 2.45) is 17.8 Å². The number of aromatic nitrogens is 1. The number of hydrogen-bond acceptors (Lipinski definition) is 14. The molecule has 1 saturated heterocycles. The van der Waals surface area contributed by atoms with Gasteiger partial charge in [-0.05, 0) is 87.9 Å². The topological polar surface area (TPSA) is 195 Å². The predicted octanol–water partition coefficient (Wildman–Crippen LogP) is 4.30. The molecule has 13 nitrogen and oxygen atoms in total. The average Bonchev–Trinajstić information content (AvgIpc) is 3.57. The summed E-state index contributed by atoms with van der Waals surface area (Å²) in [6.45, 7) is 5.66. The van der Waals surface area contributed by atoms with Crippen molar-refractivity contribution in [1.82, 2.24) is 15.2 Å². The number of nitrogens with one attached hydrogen (secondary N) is 1. The number of esters is 1. The van der Waals surface area contributed by atoms with Crippen LogP contribution in [0.1, 0.15) is 68.2 Å². The number of nitrogen functional groups attached to an aromatic ring is 1. The smallest absolute Gasteiger partial charge is 0.339 e. The molecule has 8 rings (SSSR count). The highest BCUT2D eigenvalue weighted by atomic mass is 33.1. The Bertz CT molecular complexity index is 2300. The number of hydrogen-bond donors (Lipinski definition) is 4. The normalized spacial score (nSPS) is 30.7. The number of amides is 1. The quantitative estimate of drug-likeness (QED) is 0.0595. The molecule has 5 heterocycles. The summed E-state index contributed by atoms with van der Waals surface area (Å²) in [6.07, 6.45) is 8.54. The molecular formula is C44H52N4O9S2. The summed E-state index contributed by atoms with van der Waals surface area (Å²) in [5.41, 5.74) is 7.94. The first kappa shape index (κ1) is 41.6. The lowest BCUT2D eigenvalue weighted by Crippen LogP contribution is -2.72. The molecule has 0 radical (unpaired) electrons. The summed E-state index contributed by atoms with van der Waals surface area (Å²) in [7, 11) is 5.32. The Kier molecular flexibility index (Phi) is 11.5. The number of rotatable bonds is 9. The number of carbonyl (C=O) groups excluding carboxylic acids is 3. The first-order valence-electron chi connectivity index (χ1n) is 20.4. The number of ether oxygens (including phenoxy) is 2. The van der Waals surface area contributed by atoms with E-state index in [9.17, 15) is 29.4 Å². The van der Waals surface area contributed by atoms with Gasteiger partial charge in [-0.3, -0.25) is 4.79 Å². The molecule has 1 aromatic carbocycles. The van der Waals surface area contributed by atoms with E-state index in [4.69, 9.17) is 19.6 Å². The molecule has 0 bridgehead atoms. The fourth-order valence-electron chi connectivity index (χ4n) is 10.2. The monoisotopic (exact) mass is 844 g/mol. The maximum atomic E-state index is 14.4. The molecular weight excluding hydrogens is 793 g/mol. The van der Waals surface area contributed by atoms with Crippen LogP contribution in [-0.2, 0) is 38.4 Å². The molecule has 9 atom stereocenters. The van der Waals surface area contributed by atoms with Crippen LogP contribution in [0, 0.1) is 17.8 Å². The number of nitrogens with zero attached hydrogens (tertiary/aromatic N) is 2. The molecule has 1 saturated carbocycles. The molecule has 5 N–H and O–H groups in total. The first-order valence-corrected chi connectivity index (χ1v) is 22.8. The lowest BCUT2D eigenvalue weighted by Gasteiger charge is -2.58. The fourth-order valence-corrected chi connectivity index (χ4v) is 13.4. The number of allylic oxidation sites excluding steroid dienone is 1. The van der Waals surface area contributed by atoms with E-state index < -0.39 is 28.7 Å². The van der Waals surface area contributed by atoms with Crippen LogP contribution in [0.4, 0.5) is 5.82 Å². The van der Waals surface area contributed by atoms with Gasteiger partial charge in [-0.1, -0.05) is 39.3 Å². The van der Waals surface area contributed by atoms with Gasteiger partial charge in [0.15, 0.2) is 11.2 Å². The van der Waals surface area contributed by atoms with E-state index in [0.29, 0.717) is 71.4 Å². The van der Waals surface area contributed by atoms with E-state index in [2.05, 4.69) is 16.4 Å². The van der Waals surface area contributed by atoms with Gasteiger partial charge in [0.05, 0.1) is 18.4 Å². The van der Waals surface area contributed by atoms with Gasteiger partial charge in [0.2, 0.25) is 5.91 Å². The maximum Gasteiger partial charge on any atom is 0.339 e. The minimum absolute atomic E-state index is 0.00283. The summed E-state index contributed by atoms with van der Waals surface area (Å²) in [4.78, 5) is 60.3. The van der Waals surface area contributed by atoms with Crippen molar-refractivity contribution in [1.29, 1.82) is 0 Å². The zero-order valence-electron chi connectivity index (χ0n) is 33.8. The van der Waals surface area contributed by atoms with Crippen LogP contribution in [0.3, 0.4) is 0 Å². The van der Waals surface area contributed by atoms with E-state index in [1.807, 2.05) is 31.0 Å². The predicted molar refractivity (Wildman–Crippen MR) is 227 cm³/mol. The molecule has 2 fully saturated rings. The van der Waals surface area contributed by atoms with Crippen molar-refractivity contribution < 1.29 is 38.5 Å². The number of pyridine rings is 1. The van der Waals surface area contributed by atoms with Crippen molar-refractivity contribution in [3.8, 4) is 5.75 Å². The number of benzene rings is 1. The third-order valence-corrected chi connectivity index (χ3v) is 16.4. The average molecular weight is 845 g/mol. The van der Waals surface area contributed by atoms with E-state index >= 15 is 0 Å². The molecule has 5 aliphatic rings. The third kappa shape index (κ3) is 7.19. The Morgan fingerprint density at radius 1 is 1.22 bits per heavy atom. The number of anilines is 1. The van der Waals surface area contributed by atoms with E-state index in [-0.39, 0.29) is 72.9 Å². The minimum atomic E-state index is -1.26. The summed E-state index contributed by atoms with van der Waals surface area (Å²) >= 11 is 0. The Labute approximate surface area is 350 Å². The van der Waals surface area contributed by atoms with Crippen molar-refractivity contribution in [3.05, 3.63) is 86.4 Å². The molecule has 314 valence electrons. The molecule has 9 unspecified atom stereocenters. The number of fused-ring (bicyclic) bond motifs is 6. The van der Waals surface area contributed by atoms with Gasteiger partial charge in [0, 0.05) is 90.3 Å². The van der Waals surface area contributed by atoms with Gasteiger partial charge in [-0.15, -0.1) is 0 Å².